The molecular weight excluding hydrogens is 241 g/mol. The molecule has 1 aromatic carbocycles. The van der Waals surface area contributed by atoms with E-state index in [1.54, 1.807) is 18.2 Å². The summed E-state index contributed by atoms with van der Waals surface area (Å²) in [5.74, 6) is 0. The van der Waals surface area contributed by atoms with Crippen LogP contribution in [-0.2, 0) is 0 Å². The predicted octanol–water partition coefficient (Wildman–Crippen LogP) is 4.68. The lowest BCUT2D eigenvalue weighted by atomic mass is 10.1. The average Bonchev–Trinajstić information content (AvgIpc) is 2.14. The molecule has 0 heterocycles. The molecule has 0 aliphatic heterocycles. The number of hydrogen-bond donors (Lipinski definition) is 1. The SMILES string of the molecule is CCC(S)c1cccc(SC(F)(F)F)c1. The quantitative estimate of drug-likeness (QED) is 0.602. The zero-order valence-electron chi connectivity index (χ0n) is 8.08. The molecule has 0 aliphatic carbocycles. The molecule has 0 amide bonds. The van der Waals surface area contributed by atoms with Gasteiger partial charge in [-0.1, -0.05) is 19.1 Å². The van der Waals surface area contributed by atoms with Crippen LogP contribution in [0.2, 0.25) is 0 Å². The Balaban J connectivity index is 2.83. The number of halogens is 3. The Bertz CT molecular complexity index is 323. The van der Waals surface area contributed by atoms with Crippen LogP contribution in [0, 0.1) is 0 Å². The van der Waals surface area contributed by atoms with E-state index in [1.165, 1.54) is 6.07 Å². The van der Waals surface area contributed by atoms with Gasteiger partial charge >= 0.3 is 5.51 Å². The second-order valence-electron chi connectivity index (χ2n) is 3.04. The zero-order chi connectivity index (χ0) is 11.5. The summed E-state index contributed by atoms with van der Waals surface area (Å²) in [6, 6.07) is 6.42. The number of thiol groups is 1. The molecule has 0 nitrogen and oxygen atoms in total. The molecule has 0 bridgehead atoms. The van der Waals surface area contributed by atoms with Crippen molar-refractivity contribution < 1.29 is 13.2 Å². The Labute approximate surface area is 96.7 Å². The van der Waals surface area contributed by atoms with E-state index in [0.29, 0.717) is 0 Å². The van der Waals surface area contributed by atoms with Crippen LogP contribution in [0.5, 0.6) is 0 Å². The third kappa shape index (κ3) is 4.38. The third-order valence-electron chi connectivity index (χ3n) is 1.86. The molecule has 84 valence electrons. The molecule has 0 saturated heterocycles. The molecule has 0 aliphatic rings. The van der Waals surface area contributed by atoms with Crippen molar-refractivity contribution in [1.82, 2.24) is 0 Å². The van der Waals surface area contributed by atoms with E-state index in [2.05, 4.69) is 12.6 Å². The number of hydrogen-bond acceptors (Lipinski definition) is 2. The molecule has 1 rings (SSSR count). The average molecular weight is 252 g/mol. The van der Waals surface area contributed by atoms with Gasteiger partial charge in [-0.2, -0.15) is 25.8 Å². The largest absolute Gasteiger partial charge is 0.446 e. The molecule has 0 spiro atoms. The van der Waals surface area contributed by atoms with E-state index in [0.717, 1.165) is 12.0 Å². The standard InChI is InChI=1S/C10H11F3S2/c1-2-9(14)7-4-3-5-8(6-7)15-10(11,12)13/h3-6,9,14H,2H2,1H3. The summed E-state index contributed by atoms with van der Waals surface area (Å²) in [7, 11) is 0. The van der Waals surface area contributed by atoms with Crippen molar-refractivity contribution in [3.63, 3.8) is 0 Å². The second-order valence-corrected chi connectivity index (χ2v) is 4.81. The molecule has 0 radical (unpaired) electrons. The minimum Gasteiger partial charge on any atom is -0.171 e. The lowest BCUT2D eigenvalue weighted by Gasteiger charge is -2.10. The fourth-order valence-electron chi connectivity index (χ4n) is 1.15. The molecule has 0 saturated carbocycles. The molecule has 5 heteroatoms. The topological polar surface area (TPSA) is 0 Å². The summed E-state index contributed by atoms with van der Waals surface area (Å²) in [5.41, 5.74) is -3.40. The van der Waals surface area contributed by atoms with E-state index in [4.69, 9.17) is 0 Å². The fourth-order valence-corrected chi connectivity index (χ4v) is 1.92. The van der Waals surface area contributed by atoms with Crippen LogP contribution in [0.1, 0.15) is 24.2 Å². The highest BCUT2D eigenvalue weighted by molar-refractivity contribution is 8.00. The Hall–Kier alpha value is -0.290. The highest BCUT2D eigenvalue weighted by Crippen LogP contribution is 2.38. The smallest absolute Gasteiger partial charge is 0.171 e. The van der Waals surface area contributed by atoms with Crippen molar-refractivity contribution in [2.45, 2.75) is 29.0 Å². The Morgan fingerprint density at radius 1 is 1.40 bits per heavy atom. The lowest BCUT2D eigenvalue weighted by molar-refractivity contribution is -0.0328. The predicted molar refractivity (Wildman–Crippen MR) is 60.4 cm³/mol. The van der Waals surface area contributed by atoms with E-state index < -0.39 is 5.51 Å². The van der Waals surface area contributed by atoms with Crippen molar-refractivity contribution >= 4 is 24.4 Å². The molecular formula is C10H11F3S2. The van der Waals surface area contributed by atoms with Crippen LogP contribution in [0.4, 0.5) is 13.2 Å². The maximum atomic E-state index is 12.1. The van der Waals surface area contributed by atoms with Crippen LogP contribution in [-0.4, -0.2) is 5.51 Å². The Kier molecular flexibility index (Phi) is 4.40. The van der Waals surface area contributed by atoms with Gasteiger partial charge < -0.3 is 0 Å². The van der Waals surface area contributed by atoms with Crippen molar-refractivity contribution in [2.24, 2.45) is 0 Å². The summed E-state index contributed by atoms with van der Waals surface area (Å²) in [6.07, 6.45) is 0.795. The Morgan fingerprint density at radius 2 is 2.07 bits per heavy atom. The zero-order valence-corrected chi connectivity index (χ0v) is 9.79. The highest BCUT2D eigenvalue weighted by atomic mass is 32.2. The van der Waals surface area contributed by atoms with Gasteiger partial charge in [0.1, 0.15) is 0 Å². The maximum absolute atomic E-state index is 12.1. The van der Waals surface area contributed by atoms with Crippen LogP contribution >= 0.6 is 24.4 Å². The van der Waals surface area contributed by atoms with Gasteiger partial charge in [0.25, 0.3) is 0 Å². The van der Waals surface area contributed by atoms with Gasteiger partial charge in [-0.3, -0.25) is 0 Å². The monoisotopic (exact) mass is 252 g/mol. The van der Waals surface area contributed by atoms with Gasteiger partial charge in [0, 0.05) is 10.1 Å². The molecule has 0 N–H and O–H groups in total. The van der Waals surface area contributed by atoms with Gasteiger partial charge in [-0.05, 0) is 35.9 Å². The van der Waals surface area contributed by atoms with Gasteiger partial charge in [0.15, 0.2) is 0 Å². The normalized spacial score (nSPS) is 13.9. The van der Waals surface area contributed by atoms with Crippen molar-refractivity contribution in [2.75, 3.05) is 0 Å². The van der Waals surface area contributed by atoms with Gasteiger partial charge in [0.2, 0.25) is 0 Å². The number of alkyl halides is 3. The minimum absolute atomic E-state index is 0.00113. The first kappa shape index (κ1) is 12.8. The summed E-state index contributed by atoms with van der Waals surface area (Å²) in [5, 5.41) is -0.00113. The van der Waals surface area contributed by atoms with Gasteiger partial charge in [0.05, 0.1) is 0 Å². The van der Waals surface area contributed by atoms with Crippen molar-refractivity contribution in [1.29, 1.82) is 0 Å². The number of thioether (sulfide) groups is 1. The van der Waals surface area contributed by atoms with E-state index in [1.807, 2.05) is 6.92 Å². The van der Waals surface area contributed by atoms with Crippen molar-refractivity contribution in [3.8, 4) is 0 Å². The first-order chi connectivity index (χ1) is 6.92. The second kappa shape index (κ2) is 5.16. The number of benzene rings is 1. The molecule has 1 atom stereocenters. The first-order valence-electron chi connectivity index (χ1n) is 4.46. The first-order valence-corrected chi connectivity index (χ1v) is 5.79. The van der Waals surface area contributed by atoms with Gasteiger partial charge in [-0.25, -0.2) is 0 Å². The molecule has 0 aromatic heterocycles. The van der Waals surface area contributed by atoms with Gasteiger partial charge in [-0.15, -0.1) is 0 Å². The van der Waals surface area contributed by atoms with Crippen LogP contribution in [0.25, 0.3) is 0 Å². The minimum atomic E-state index is -4.23. The summed E-state index contributed by atoms with van der Waals surface area (Å²) >= 11 is 4.20. The number of rotatable bonds is 3. The van der Waals surface area contributed by atoms with E-state index in [9.17, 15) is 13.2 Å². The molecule has 1 unspecified atom stereocenters. The molecule has 0 fully saturated rings. The van der Waals surface area contributed by atoms with Crippen LogP contribution in [0.15, 0.2) is 29.2 Å². The summed E-state index contributed by atoms with van der Waals surface area (Å²) < 4.78 is 36.3. The van der Waals surface area contributed by atoms with E-state index in [-0.39, 0.29) is 21.9 Å². The summed E-state index contributed by atoms with van der Waals surface area (Å²) in [4.78, 5) is 0.215. The van der Waals surface area contributed by atoms with E-state index >= 15 is 0 Å². The Morgan fingerprint density at radius 3 is 2.60 bits per heavy atom. The van der Waals surface area contributed by atoms with Crippen molar-refractivity contribution in [3.05, 3.63) is 29.8 Å². The molecule has 1 aromatic rings. The lowest BCUT2D eigenvalue weighted by Crippen LogP contribution is -1.99. The maximum Gasteiger partial charge on any atom is 0.446 e. The third-order valence-corrected chi connectivity index (χ3v) is 3.25. The fraction of sp³-hybridized carbons (Fsp3) is 0.400. The summed E-state index contributed by atoms with van der Waals surface area (Å²) in [6.45, 7) is 1.95. The highest BCUT2D eigenvalue weighted by Gasteiger charge is 2.29. The van der Waals surface area contributed by atoms with Crippen LogP contribution < -0.4 is 0 Å². The molecule has 15 heavy (non-hydrogen) atoms. The van der Waals surface area contributed by atoms with Crippen LogP contribution in [0.3, 0.4) is 0 Å².